The molecule has 3 heterocycles. The molecule has 25 heavy (non-hydrogen) atoms. The summed E-state index contributed by atoms with van der Waals surface area (Å²) in [7, 11) is 1.61. The van der Waals surface area contributed by atoms with Crippen molar-refractivity contribution < 1.29 is 14.1 Å². The van der Waals surface area contributed by atoms with Gasteiger partial charge >= 0.3 is 0 Å². The van der Waals surface area contributed by atoms with Crippen molar-refractivity contribution in [1.82, 2.24) is 19.9 Å². The molecule has 1 aliphatic heterocycles. The van der Waals surface area contributed by atoms with Crippen molar-refractivity contribution in [3.8, 4) is 5.88 Å². The van der Waals surface area contributed by atoms with Gasteiger partial charge in [0, 0.05) is 50.6 Å². The lowest BCUT2D eigenvalue weighted by Gasteiger charge is -2.34. The lowest BCUT2D eigenvalue weighted by molar-refractivity contribution is -0.132. The summed E-state index contributed by atoms with van der Waals surface area (Å²) in [6, 6.07) is 3.90. The lowest BCUT2D eigenvalue weighted by Crippen LogP contribution is -2.48. The molecular formula is C18H24N4O3. The maximum absolute atomic E-state index is 12.5. The van der Waals surface area contributed by atoms with Gasteiger partial charge in [-0.25, -0.2) is 4.98 Å². The van der Waals surface area contributed by atoms with Gasteiger partial charge in [0.25, 0.3) is 0 Å². The fraction of sp³-hybridized carbons (Fsp3) is 0.500. The van der Waals surface area contributed by atoms with E-state index in [-0.39, 0.29) is 5.91 Å². The number of methoxy groups -OCH3 is 1. The molecule has 3 rings (SSSR count). The van der Waals surface area contributed by atoms with Gasteiger partial charge in [-0.3, -0.25) is 9.69 Å². The molecule has 1 amide bonds. The Morgan fingerprint density at radius 1 is 1.24 bits per heavy atom. The largest absolute Gasteiger partial charge is 0.481 e. The average molecular weight is 344 g/mol. The third-order valence-corrected chi connectivity index (χ3v) is 4.65. The van der Waals surface area contributed by atoms with Gasteiger partial charge in [0.15, 0.2) is 0 Å². The lowest BCUT2D eigenvalue weighted by atomic mass is 10.1. The van der Waals surface area contributed by atoms with Crippen LogP contribution in [0.2, 0.25) is 0 Å². The molecular weight excluding hydrogens is 320 g/mol. The number of rotatable bonds is 5. The normalized spacial score (nSPS) is 15.4. The SMILES string of the molecule is COc1ccc(CN2CCN(C(=O)Cc3c(C)noc3C)CC2)cn1. The zero-order valence-corrected chi connectivity index (χ0v) is 15.0. The Labute approximate surface area is 147 Å². The van der Waals surface area contributed by atoms with Crippen LogP contribution in [-0.2, 0) is 17.8 Å². The third kappa shape index (κ3) is 4.17. The number of aromatic nitrogens is 2. The Balaban J connectivity index is 1.50. The average Bonchev–Trinajstić information content (AvgIpc) is 2.95. The van der Waals surface area contributed by atoms with E-state index in [9.17, 15) is 4.79 Å². The Morgan fingerprint density at radius 3 is 2.56 bits per heavy atom. The Morgan fingerprint density at radius 2 is 2.00 bits per heavy atom. The highest BCUT2D eigenvalue weighted by molar-refractivity contribution is 5.79. The molecule has 1 aliphatic rings. The number of pyridine rings is 1. The van der Waals surface area contributed by atoms with Gasteiger partial charge in [0.1, 0.15) is 5.76 Å². The van der Waals surface area contributed by atoms with Crippen LogP contribution in [-0.4, -0.2) is 59.1 Å². The molecule has 7 heteroatoms. The maximum Gasteiger partial charge on any atom is 0.227 e. The fourth-order valence-corrected chi connectivity index (χ4v) is 3.06. The van der Waals surface area contributed by atoms with E-state index in [0.717, 1.165) is 55.3 Å². The van der Waals surface area contributed by atoms with Gasteiger partial charge in [0.2, 0.25) is 11.8 Å². The van der Waals surface area contributed by atoms with Crippen molar-refractivity contribution in [1.29, 1.82) is 0 Å². The number of amides is 1. The smallest absolute Gasteiger partial charge is 0.227 e. The van der Waals surface area contributed by atoms with Gasteiger partial charge in [-0.1, -0.05) is 11.2 Å². The summed E-state index contributed by atoms with van der Waals surface area (Å²) in [5.41, 5.74) is 2.87. The number of carbonyl (C=O) groups is 1. The van der Waals surface area contributed by atoms with Crippen LogP contribution in [0.5, 0.6) is 5.88 Å². The van der Waals surface area contributed by atoms with Crippen molar-refractivity contribution in [3.63, 3.8) is 0 Å². The third-order valence-electron chi connectivity index (χ3n) is 4.65. The molecule has 0 unspecified atom stereocenters. The Bertz CT molecular complexity index is 699. The minimum atomic E-state index is 0.139. The minimum Gasteiger partial charge on any atom is -0.481 e. The number of aryl methyl sites for hydroxylation is 2. The molecule has 0 atom stereocenters. The number of nitrogens with zero attached hydrogens (tertiary/aromatic N) is 4. The highest BCUT2D eigenvalue weighted by atomic mass is 16.5. The van der Waals surface area contributed by atoms with Gasteiger partial charge in [-0.15, -0.1) is 0 Å². The molecule has 0 spiro atoms. The van der Waals surface area contributed by atoms with E-state index in [4.69, 9.17) is 9.26 Å². The van der Waals surface area contributed by atoms with Crippen LogP contribution < -0.4 is 4.74 Å². The quantitative estimate of drug-likeness (QED) is 0.820. The molecule has 0 aromatic carbocycles. The summed E-state index contributed by atoms with van der Waals surface area (Å²) in [5.74, 6) is 1.50. The van der Waals surface area contributed by atoms with Crippen molar-refractivity contribution >= 4 is 5.91 Å². The van der Waals surface area contributed by atoms with E-state index in [1.54, 1.807) is 7.11 Å². The monoisotopic (exact) mass is 344 g/mol. The van der Waals surface area contributed by atoms with Crippen LogP contribution in [0.1, 0.15) is 22.6 Å². The maximum atomic E-state index is 12.5. The molecule has 0 N–H and O–H groups in total. The molecule has 0 radical (unpaired) electrons. The van der Waals surface area contributed by atoms with Crippen molar-refractivity contribution in [2.24, 2.45) is 0 Å². The van der Waals surface area contributed by atoms with Crippen molar-refractivity contribution in [3.05, 3.63) is 40.9 Å². The van der Waals surface area contributed by atoms with E-state index in [2.05, 4.69) is 15.0 Å². The first-order chi connectivity index (χ1) is 12.1. The molecule has 0 saturated carbocycles. The molecule has 2 aromatic rings. The summed E-state index contributed by atoms with van der Waals surface area (Å²) in [6.45, 7) is 7.77. The van der Waals surface area contributed by atoms with Crippen LogP contribution in [0.4, 0.5) is 0 Å². The Kier molecular flexibility index (Phi) is 5.33. The highest BCUT2D eigenvalue weighted by Gasteiger charge is 2.23. The first kappa shape index (κ1) is 17.4. The zero-order valence-electron chi connectivity index (χ0n) is 15.0. The summed E-state index contributed by atoms with van der Waals surface area (Å²) < 4.78 is 10.2. The second-order valence-corrected chi connectivity index (χ2v) is 6.35. The number of piperazine rings is 1. The fourth-order valence-electron chi connectivity index (χ4n) is 3.06. The van der Waals surface area contributed by atoms with E-state index in [1.807, 2.05) is 37.1 Å². The summed E-state index contributed by atoms with van der Waals surface area (Å²) in [4.78, 5) is 21.0. The summed E-state index contributed by atoms with van der Waals surface area (Å²) in [6.07, 6.45) is 2.21. The van der Waals surface area contributed by atoms with Gasteiger partial charge in [-0.2, -0.15) is 0 Å². The van der Waals surface area contributed by atoms with Crippen LogP contribution in [0.15, 0.2) is 22.9 Å². The molecule has 7 nitrogen and oxygen atoms in total. The van der Waals surface area contributed by atoms with E-state index in [0.29, 0.717) is 12.3 Å². The summed E-state index contributed by atoms with van der Waals surface area (Å²) >= 11 is 0. The van der Waals surface area contributed by atoms with Crippen molar-refractivity contribution in [2.75, 3.05) is 33.3 Å². The number of carbonyl (C=O) groups excluding carboxylic acids is 1. The molecule has 134 valence electrons. The predicted molar refractivity (Wildman–Crippen MR) is 92.3 cm³/mol. The second kappa shape index (κ2) is 7.65. The van der Waals surface area contributed by atoms with E-state index < -0.39 is 0 Å². The summed E-state index contributed by atoms with van der Waals surface area (Å²) in [5, 5.41) is 3.92. The molecule has 1 saturated heterocycles. The first-order valence-electron chi connectivity index (χ1n) is 8.47. The van der Waals surface area contributed by atoms with Gasteiger partial charge in [-0.05, 0) is 19.4 Å². The number of hydrogen-bond donors (Lipinski definition) is 0. The first-order valence-corrected chi connectivity index (χ1v) is 8.47. The number of ether oxygens (including phenoxy) is 1. The molecule has 2 aromatic heterocycles. The van der Waals surface area contributed by atoms with E-state index in [1.165, 1.54) is 0 Å². The van der Waals surface area contributed by atoms with Crippen LogP contribution in [0.3, 0.4) is 0 Å². The minimum absolute atomic E-state index is 0.139. The van der Waals surface area contributed by atoms with E-state index >= 15 is 0 Å². The van der Waals surface area contributed by atoms with Gasteiger partial charge < -0.3 is 14.2 Å². The van der Waals surface area contributed by atoms with Crippen LogP contribution in [0, 0.1) is 13.8 Å². The van der Waals surface area contributed by atoms with Gasteiger partial charge in [0.05, 0.1) is 19.2 Å². The molecule has 1 fully saturated rings. The van der Waals surface area contributed by atoms with Crippen LogP contribution >= 0.6 is 0 Å². The highest BCUT2D eigenvalue weighted by Crippen LogP contribution is 2.16. The van der Waals surface area contributed by atoms with Crippen LogP contribution in [0.25, 0.3) is 0 Å². The molecule has 0 aliphatic carbocycles. The predicted octanol–water partition coefficient (Wildman–Crippen LogP) is 1.58. The number of hydrogen-bond acceptors (Lipinski definition) is 6. The topological polar surface area (TPSA) is 71.7 Å². The molecule has 0 bridgehead atoms. The van der Waals surface area contributed by atoms with Crippen molar-refractivity contribution in [2.45, 2.75) is 26.8 Å². The second-order valence-electron chi connectivity index (χ2n) is 6.35. The zero-order chi connectivity index (χ0) is 17.8. The Hall–Kier alpha value is -2.41. The standard InChI is InChI=1S/C18H24N4O3/c1-13-16(14(2)25-20-13)10-18(23)22-8-6-21(7-9-22)12-15-4-5-17(24-3)19-11-15/h4-5,11H,6-10,12H2,1-3H3.